The summed E-state index contributed by atoms with van der Waals surface area (Å²) in [7, 11) is 0. The summed E-state index contributed by atoms with van der Waals surface area (Å²) in [6, 6.07) is 18.5. The monoisotopic (exact) mass is 445 g/mol. The van der Waals surface area contributed by atoms with E-state index in [0.717, 1.165) is 51.0 Å². The van der Waals surface area contributed by atoms with Crippen molar-refractivity contribution in [2.75, 3.05) is 32.7 Å². The zero-order chi connectivity index (χ0) is 22.6. The van der Waals surface area contributed by atoms with Crippen molar-refractivity contribution < 1.29 is 9.59 Å². The number of benzene rings is 2. The van der Waals surface area contributed by atoms with E-state index in [4.69, 9.17) is 0 Å². The van der Waals surface area contributed by atoms with Gasteiger partial charge in [-0.15, -0.1) is 0 Å². The molecule has 5 rings (SSSR count). The quantitative estimate of drug-likeness (QED) is 0.707. The van der Waals surface area contributed by atoms with Crippen LogP contribution in [0.5, 0.6) is 0 Å². The van der Waals surface area contributed by atoms with Crippen LogP contribution in [0.1, 0.15) is 42.4 Å². The third-order valence-corrected chi connectivity index (χ3v) is 7.80. The largest absolute Gasteiger partial charge is 0.340 e. The van der Waals surface area contributed by atoms with Gasteiger partial charge in [-0.05, 0) is 41.9 Å². The molecule has 0 aromatic heterocycles. The van der Waals surface area contributed by atoms with E-state index in [0.29, 0.717) is 31.3 Å². The van der Waals surface area contributed by atoms with Crippen molar-refractivity contribution in [2.45, 2.75) is 51.1 Å². The third kappa shape index (κ3) is 4.98. The maximum absolute atomic E-state index is 13.9. The van der Waals surface area contributed by atoms with Crippen LogP contribution in [-0.4, -0.2) is 65.3 Å². The summed E-state index contributed by atoms with van der Waals surface area (Å²) in [5.41, 5.74) is 3.73. The smallest absolute Gasteiger partial charge is 0.240 e. The number of nitrogens with zero attached hydrogens (tertiary/aromatic N) is 3. The molecule has 2 aromatic rings. The Balaban J connectivity index is 1.24. The highest BCUT2D eigenvalue weighted by molar-refractivity contribution is 5.83. The molecular formula is C28H35N3O2. The van der Waals surface area contributed by atoms with Crippen LogP contribution >= 0.6 is 0 Å². The third-order valence-electron chi connectivity index (χ3n) is 7.80. The van der Waals surface area contributed by atoms with Gasteiger partial charge in [-0.1, -0.05) is 67.4 Å². The zero-order valence-corrected chi connectivity index (χ0v) is 19.5. The highest BCUT2D eigenvalue weighted by atomic mass is 16.2. The first-order valence-electron chi connectivity index (χ1n) is 12.6. The lowest BCUT2D eigenvalue weighted by molar-refractivity contribution is -0.142. The topological polar surface area (TPSA) is 43.9 Å². The number of piperazine rings is 1. The van der Waals surface area contributed by atoms with Gasteiger partial charge in [0.2, 0.25) is 11.8 Å². The average molecular weight is 446 g/mol. The lowest BCUT2D eigenvalue weighted by Crippen LogP contribution is -2.59. The molecule has 0 radical (unpaired) electrons. The maximum atomic E-state index is 13.9. The van der Waals surface area contributed by atoms with Gasteiger partial charge in [0.25, 0.3) is 0 Å². The fraction of sp³-hybridized carbons (Fsp3) is 0.500. The Labute approximate surface area is 197 Å². The molecule has 2 amide bonds. The number of fused-ring (bicyclic) bond motifs is 1. The predicted molar refractivity (Wildman–Crippen MR) is 130 cm³/mol. The lowest BCUT2D eigenvalue weighted by atomic mass is 9.92. The molecule has 33 heavy (non-hydrogen) atoms. The minimum atomic E-state index is -0.0378. The number of carbonyl (C=O) groups is 2. The highest BCUT2D eigenvalue weighted by Crippen LogP contribution is 2.33. The van der Waals surface area contributed by atoms with Crippen molar-refractivity contribution in [3.63, 3.8) is 0 Å². The van der Waals surface area contributed by atoms with Crippen molar-refractivity contribution in [3.05, 3.63) is 71.3 Å². The van der Waals surface area contributed by atoms with Gasteiger partial charge < -0.3 is 9.80 Å². The molecule has 0 N–H and O–H groups in total. The second kappa shape index (κ2) is 10.1. The Hall–Kier alpha value is -2.66. The predicted octanol–water partition coefficient (Wildman–Crippen LogP) is 3.52. The van der Waals surface area contributed by atoms with Gasteiger partial charge in [0.15, 0.2) is 0 Å². The lowest BCUT2D eigenvalue weighted by Gasteiger charge is -2.43. The van der Waals surface area contributed by atoms with E-state index >= 15 is 0 Å². The number of rotatable bonds is 5. The molecule has 5 heteroatoms. The first-order chi connectivity index (χ1) is 16.2. The van der Waals surface area contributed by atoms with Crippen LogP contribution in [0.25, 0.3) is 0 Å². The van der Waals surface area contributed by atoms with Crippen LogP contribution in [0.4, 0.5) is 0 Å². The van der Waals surface area contributed by atoms with Crippen molar-refractivity contribution in [1.82, 2.24) is 14.7 Å². The molecule has 2 aromatic carbocycles. The molecule has 2 heterocycles. The molecule has 0 bridgehead atoms. The van der Waals surface area contributed by atoms with Gasteiger partial charge in [0.1, 0.15) is 0 Å². The summed E-state index contributed by atoms with van der Waals surface area (Å²) < 4.78 is 0. The standard InChI is InChI=1S/C28H35N3O2/c32-26(20-22-8-2-1-3-9-22)29-16-18-30(19-17-29)27(24-11-5-6-12-24)28(33)31-15-14-23-10-4-7-13-25(23)21-31/h1-4,7-10,13,24,27H,5-6,11-12,14-21H2. The van der Waals surface area contributed by atoms with Gasteiger partial charge >= 0.3 is 0 Å². The SMILES string of the molecule is O=C(Cc1ccccc1)N1CCN(C(C(=O)N2CCc3ccccc3C2)C2CCCC2)CC1. The number of amides is 2. The first kappa shape index (κ1) is 22.1. The van der Waals surface area contributed by atoms with Crippen molar-refractivity contribution in [2.24, 2.45) is 5.92 Å². The molecule has 2 aliphatic heterocycles. The molecule has 3 aliphatic rings. The summed E-state index contributed by atoms with van der Waals surface area (Å²) in [4.78, 5) is 33.2. The van der Waals surface area contributed by atoms with E-state index in [9.17, 15) is 9.59 Å². The fourth-order valence-electron chi connectivity index (χ4n) is 5.93. The van der Waals surface area contributed by atoms with E-state index in [1.165, 1.54) is 24.0 Å². The van der Waals surface area contributed by atoms with Crippen LogP contribution in [-0.2, 0) is 29.0 Å². The van der Waals surface area contributed by atoms with Crippen LogP contribution in [0, 0.1) is 5.92 Å². The molecule has 174 valence electrons. The summed E-state index contributed by atoms with van der Waals surface area (Å²) in [5.74, 6) is 0.943. The van der Waals surface area contributed by atoms with E-state index in [1.807, 2.05) is 35.2 Å². The summed E-state index contributed by atoms with van der Waals surface area (Å²) in [5, 5.41) is 0. The number of hydrogen-bond donors (Lipinski definition) is 0. The van der Waals surface area contributed by atoms with E-state index in [2.05, 4.69) is 34.1 Å². The van der Waals surface area contributed by atoms with Crippen LogP contribution in [0.2, 0.25) is 0 Å². The Morgan fingerprint density at radius 2 is 1.45 bits per heavy atom. The summed E-state index contributed by atoms with van der Waals surface area (Å²) in [6.07, 6.45) is 6.15. The Morgan fingerprint density at radius 1 is 0.788 bits per heavy atom. The summed E-state index contributed by atoms with van der Waals surface area (Å²) >= 11 is 0. The van der Waals surface area contributed by atoms with Crippen molar-refractivity contribution in [1.29, 1.82) is 0 Å². The molecule has 1 atom stereocenters. The molecule has 1 aliphatic carbocycles. The zero-order valence-electron chi connectivity index (χ0n) is 19.5. The Kier molecular flexibility index (Phi) is 6.77. The average Bonchev–Trinajstić information content (AvgIpc) is 3.39. The molecule has 0 spiro atoms. The summed E-state index contributed by atoms with van der Waals surface area (Å²) in [6.45, 7) is 4.55. The van der Waals surface area contributed by atoms with E-state index in [1.54, 1.807) is 0 Å². The highest BCUT2D eigenvalue weighted by Gasteiger charge is 2.39. The van der Waals surface area contributed by atoms with Gasteiger partial charge in [-0.2, -0.15) is 0 Å². The second-order valence-corrected chi connectivity index (χ2v) is 9.85. The normalized spacial score (nSPS) is 20.5. The fourth-order valence-corrected chi connectivity index (χ4v) is 5.93. The van der Waals surface area contributed by atoms with E-state index in [-0.39, 0.29) is 11.9 Å². The van der Waals surface area contributed by atoms with Crippen LogP contribution < -0.4 is 0 Å². The first-order valence-corrected chi connectivity index (χ1v) is 12.6. The maximum Gasteiger partial charge on any atom is 0.240 e. The van der Waals surface area contributed by atoms with Gasteiger partial charge in [0.05, 0.1) is 12.5 Å². The minimum absolute atomic E-state index is 0.0378. The number of carbonyl (C=O) groups excluding carboxylic acids is 2. The molecule has 5 nitrogen and oxygen atoms in total. The second-order valence-electron chi connectivity index (χ2n) is 9.85. The van der Waals surface area contributed by atoms with Crippen molar-refractivity contribution >= 4 is 11.8 Å². The van der Waals surface area contributed by atoms with E-state index < -0.39 is 0 Å². The minimum Gasteiger partial charge on any atom is -0.340 e. The Morgan fingerprint density at radius 3 is 2.18 bits per heavy atom. The van der Waals surface area contributed by atoms with Crippen LogP contribution in [0.15, 0.2) is 54.6 Å². The molecule has 1 saturated carbocycles. The van der Waals surface area contributed by atoms with Gasteiger partial charge in [-0.25, -0.2) is 0 Å². The van der Waals surface area contributed by atoms with Gasteiger partial charge in [-0.3, -0.25) is 14.5 Å². The number of hydrogen-bond acceptors (Lipinski definition) is 3. The molecule has 2 fully saturated rings. The molecule has 1 unspecified atom stereocenters. The van der Waals surface area contributed by atoms with Crippen LogP contribution in [0.3, 0.4) is 0 Å². The Bertz CT molecular complexity index is 962. The molecular weight excluding hydrogens is 410 g/mol. The van der Waals surface area contributed by atoms with Crippen molar-refractivity contribution in [3.8, 4) is 0 Å². The molecule has 1 saturated heterocycles. The van der Waals surface area contributed by atoms with Gasteiger partial charge in [0, 0.05) is 39.3 Å².